The minimum Gasteiger partial charge on any atom is -0.492 e. The van der Waals surface area contributed by atoms with Crippen LogP contribution in [0.1, 0.15) is 56.1 Å². The number of fused-ring (bicyclic) bond motifs is 1. The molecular formula is C15H21NO2. The molecule has 0 aliphatic carbocycles. The Morgan fingerprint density at radius 3 is 2.44 bits per heavy atom. The fourth-order valence-corrected chi connectivity index (χ4v) is 2.32. The molecule has 0 aromatic heterocycles. The molecule has 0 fully saturated rings. The van der Waals surface area contributed by atoms with Gasteiger partial charge in [-0.15, -0.1) is 0 Å². The summed E-state index contributed by atoms with van der Waals surface area (Å²) in [4.78, 5) is 11.5. The van der Waals surface area contributed by atoms with Gasteiger partial charge in [-0.05, 0) is 17.5 Å². The number of rotatable bonds is 1. The van der Waals surface area contributed by atoms with E-state index >= 15 is 0 Å². The third-order valence-electron chi connectivity index (χ3n) is 3.49. The van der Waals surface area contributed by atoms with Crippen LogP contribution in [0.5, 0.6) is 5.75 Å². The van der Waals surface area contributed by atoms with E-state index in [0.29, 0.717) is 12.2 Å². The maximum atomic E-state index is 11.5. The Hall–Kier alpha value is -1.51. The van der Waals surface area contributed by atoms with Gasteiger partial charge in [-0.1, -0.05) is 34.6 Å². The van der Waals surface area contributed by atoms with E-state index in [1.54, 1.807) is 0 Å². The van der Waals surface area contributed by atoms with Gasteiger partial charge in [0, 0.05) is 22.1 Å². The lowest BCUT2D eigenvalue weighted by Crippen LogP contribution is -2.20. The number of nitrogens with two attached hydrogens (primary N) is 1. The standard InChI is InChI=1S/C15H21NO2/c1-14(2,3)10-6-9(13(16)17)7-11-12(10)18-8-15(11,4)5/h6-7H,8H2,1-5H3,(H2,16,17). The van der Waals surface area contributed by atoms with E-state index in [1.807, 2.05) is 12.1 Å². The van der Waals surface area contributed by atoms with Crippen molar-refractivity contribution >= 4 is 5.91 Å². The zero-order chi connectivity index (χ0) is 13.7. The van der Waals surface area contributed by atoms with Crippen molar-refractivity contribution < 1.29 is 9.53 Å². The fourth-order valence-electron chi connectivity index (χ4n) is 2.32. The van der Waals surface area contributed by atoms with Gasteiger partial charge < -0.3 is 10.5 Å². The lowest BCUT2D eigenvalue weighted by molar-refractivity contribution is 0.1000. The predicted molar refractivity (Wildman–Crippen MR) is 72.2 cm³/mol. The van der Waals surface area contributed by atoms with E-state index in [1.165, 1.54) is 0 Å². The van der Waals surface area contributed by atoms with E-state index < -0.39 is 0 Å². The van der Waals surface area contributed by atoms with Gasteiger partial charge in [0.05, 0.1) is 6.61 Å². The molecule has 0 saturated carbocycles. The highest BCUT2D eigenvalue weighted by atomic mass is 16.5. The van der Waals surface area contributed by atoms with Crippen LogP contribution in [0.4, 0.5) is 0 Å². The first kappa shape index (κ1) is 12.9. The molecule has 3 heteroatoms. The fraction of sp³-hybridized carbons (Fsp3) is 0.533. The Labute approximate surface area is 108 Å². The molecule has 2 N–H and O–H groups in total. The van der Waals surface area contributed by atoms with Gasteiger partial charge in [0.25, 0.3) is 0 Å². The Morgan fingerprint density at radius 2 is 1.94 bits per heavy atom. The van der Waals surface area contributed by atoms with Crippen LogP contribution in [0.25, 0.3) is 0 Å². The van der Waals surface area contributed by atoms with Crippen LogP contribution >= 0.6 is 0 Å². The van der Waals surface area contributed by atoms with E-state index in [-0.39, 0.29) is 16.7 Å². The van der Waals surface area contributed by atoms with Gasteiger partial charge in [0.15, 0.2) is 0 Å². The summed E-state index contributed by atoms with van der Waals surface area (Å²) in [5, 5.41) is 0. The lowest BCUT2D eigenvalue weighted by atomic mass is 9.79. The normalized spacial score (nSPS) is 17.2. The summed E-state index contributed by atoms with van der Waals surface area (Å²) >= 11 is 0. The van der Waals surface area contributed by atoms with Crippen molar-refractivity contribution in [2.75, 3.05) is 6.61 Å². The molecule has 0 bridgehead atoms. The van der Waals surface area contributed by atoms with Crippen LogP contribution in [-0.2, 0) is 10.8 Å². The third-order valence-corrected chi connectivity index (χ3v) is 3.49. The molecule has 0 atom stereocenters. The summed E-state index contributed by atoms with van der Waals surface area (Å²) in [5.74, 6) is 0.545. The molecular weight excluding hydrogens is 226 g/mol. The summed E-state index contributed by atoms with van der Waals surface area (Å²) in [6, 6.07) is 3.74. The Balaban J connectivity index is 2.73. The number of carbonyl (C=O) groups excluding carboxylic acids is 1. The average Bonchev–Trinajstić information content (AvgIpc) is 2.52. The zero-order valence-corrected chi connectivity index (χ0v) is 11.8. The van der Waals surface area contributed by atoms with Crippen LogP contribution in [-0.4, -0.2) is 12.5 Å². The number of amides is 1. The first-order valence-electron chi connectivity index (χ1n) is 6.24. The van der Waals surface area contributed by atoms with Gasteiger partial charge in [-0.3, -0.25) is 4.79 Å². The largest absolute Gasteiger partial charge is 0.492 e. The minimum atomic E-state index is -0.383. The van der Waals surface area contributed by atoms with Crippen molar-refractivity contribution in [3.8, 4) is 5.75 Å². The molecule has 0 saturated heterocycles. The number of ether oxygens (including phenoxy) is 1. The first-order valence-corrected chi connectivity index (χ1v) is 6.24. The highest BCUT2D eigenvalue weighted by Gasteiger charge is 2.36. The molecule has 18 heavy (non-hydrogen) atoms. The van der Waals surface area contributed by atoms with Crippen molar-refractivity contribution in [2.45, 2.75) is 45.4 Å². The maximum absolute atomic E-state index is 11.5. The quantitative estimate of drug-likeness (QED) is 0.829. The Kier molecular flexibility index (Phi) is 2.69. The second-order valence-electron chi connectivity index (χ2n) is 6.69. The molecule has 98 valence electrons. The number of hydrogen-bond donors (Lipinski definition) is 1. The number of benzene rings is 1. The van der Waals surface area contributed by atoms with Crippen LogP contribution < -0.4 is 10.5 Å². The van der Waals surface area contributed by atoms with Crippen molar-refractivity contribution in [3.05, 3.63) is 28.8 Å². The van der Waals surface area contributed by atoms with E-state index in [4.69, 9.17) is 10.5 Å². The van der Waals surface area contributed by atoms with E-state index in [2.05, 4.69) is 34.6 Å². The summed E-state index contributed by atoms with van der Waals surface area (Å²) in [6.45, 7) is 11.2. The summed E-state index contributed by atoms with van der Waals surface area (Å²) < 4.78 is 5.85. The number of primary amides is 1. The lowest BCUT2D eigenvalue weighted by Gasteiger charge is -2.23. The summed E-state index contributed by atoms with van der Waals surface area (Å²) in [6.07, 6.45) is 0. The SMILES string of the molecule is CC(C)(C)c1cc(C(N)=O)cc2c1OCC2(C)C. The van der Waals surface area contributed by atoms with Gasteiger partial charge in [0.1, 0.15) is 5.75 Å². The van der Waals surface area contributed by atoms with Gasteiger partial charge in [0.2, 0.25) is 5.91 Å². The second kappa shape index (κ2) is 3.74. The van der Waals surface area contributed by atoms with E-state index in [9.17, 15) is 4.79 Å². The zero-order valence-electron chi connectivity index (χ0n) is 11.8. The van der Waals surface area contributed by atoms with Crippen LogP contribution in [0.2, 0.25) is 0 Å². The molecule has 3 nitrogen and oxygen atoms in total. The first-order chi connectivity index (χ1) is 8.13. The van der Waals surface area contributed by atoms with Crippen LogP contribution in [0, 0.1) is 0 Å². The summed E-state index contributed by atoms with van der Waals surface area (Å²) in [5.41, 5.74) is 8.00. The summed E-state index contributed by atoms with van der Waals surface area (Å²) in [7, 11) is 0. The third kappa shape index (κ3) is 1.98. The molecule has 2 rings (SSSR count). The van der Waals surface area contributed by atoms with Crippen molar-refractivity contribution in [1.82, 2.24) is 0 Å². The highest BCUT2D eigenvalue weighted by Crippen LogP contribution is 2.45. The van der Waals surface area contributed by atoms with Crippen molar-refractivity contribution in [3.63, 3.8) is 0 Å². The maximum Gasteiger partial charge on any atom is 0.248 e. The van der Waals surface area contributed by atoms with E-state index in [0.717, 1.165) is 16.9 Å². The molecule has 1 aromatic carbocycles. The molecule has 1 amide bonds. The van der Waals surface area contributed by atoms with Crippen molar-refractivity contribution in [2.24, 2.45) is 5.73 Å². The van der Waals surface area contributed by atoms with Gasteiger partial charge in [-0.2, -0.15) is 0 Å². The molecule has 1 aliphatic heterocycles. The average molecular weight is 247 g/mol. The monoisotopic (exact) mass is 247 g/mol. The second-order valence-corrected chi connectivity index (χ2v) is 6.69. The molecule has 0 unspecified atom stereocenters. The number of carbonyl (C=O) groups is 1. The van der Waals surface area contributed by atoms with Gasteiger partial charge in [-0.25, -0.2) is 0 Å². The molecule has 0 spiro atoms. The molecule has 1 aromatic rings. The smallest absolute Gasteiger partial charge is 0.248 e. The van der Waals surface area contributed by atoms with Gasteiger partial charge >= 0.3 is 0 Å². The molecule has 1 heterocycles. The molecule has 0 radical (unpaired) electrons. The molecule has 1 aliphatic rings. The van der Waals surface area contributed by atoms with Crippen LogP contribution in [0.3, 0.4) is 0 Å². The minimum absolute atomic E-state index is 0.0687. The Bertz CT molecular complexity index is 510. The highest BCUT2D eigenvalue weighted by molar-refractivity contribution is 5.93. The number of hydrogen-bond acceptors (Lipinski definition) is 2. The topological polar surface area (TPSA) is 52.3 Å². The predicted octanol–water partition coefficient (Wildman–Crippen LogP) is 2.75. The van der Waals surface area contributed by atoms with Crippen molar-refractivity contribution in [1.29, 1.82) is 0 Å². The Morgan fingerprint density at radius 1 is 1.33 bits per heavy atom. The van der Waals surface area contributed by atoms with Crippen LogP contribution in [0.15, 0.2) is 12.1 Å².